The van der Waals surface area contributed by atoms with Crippen LogP contribution in [0.25, 0.3) is 5.70 Å². The van der Waals surface area contributed by atoms with E-state index in [1.807, 2.05) is 42.6 Å². The van der Waals surface area contributed by atoms with Crippen LogP contribution in [0.15, 0.2) is 41.8 Å². The molecule has 1 aromatic carbocycles. The molecule has 0 saturated carbocycles. The summed E-state index contributed by atoms with van der Waals surface area (Å²) in [4.78, 5) is 13.5. The molecule has 5 nitrogen and oxygen atoms in total. The average Bonchev–Trinajstić information content (AvgIpc) is 3.29. The van der Waals surface area contributed by atoms with Gasteiger partial charge in [-0.3, -0.25) is 10.2 Å². The molecule has 1 atom stereocenters. The second kappa shape index (κ2) is 6.97. The van der Waals surface area contributed by atoms with Crippen LogP contribution in [0.2, 0.25) is 0 Å². The van der Waals surface area contributed by atoms with Crippen molar-refractivity contribution < 1.29 is 14.3 Å². The molecule has 0 spiro atoms. The lowest BCUT2D eigenvalue weighted by Crippen LogP contribution is -2.39. The molecule has 1 aliphatic rings. The SMILES string of the molecule is CCC(=O)N1NC(c2cccs2)=C[C@@H]1c1cccc(OC)c1OC. The van der Waals surface area contributed by atoms with Crippen LogP contribution in [-0.2, 0) is 4.79 Å². The average molecular weight is 344 g/mol. The van der Waals surface area contributed by atoms with Crippen LogP contribution in [-0.4, -0.2) is 25.1 Å². The molecule has 0 fully saturated rings. The Bertz CT molecular complexity index is 756. The maximum atomic E-state index is 12.4. The molecule has 1 amide bonds. The Hall–Kier alpha value is -2.47. The van der Waals surface area contributed by atoms with Gasteiger partial charge in [-0.15, -0.1) is 11.3 Å². The predicted octanol–water partition coefficient (Wildman–Crippen LogP) is 3.60. The van der Waals surface area contributed by atoms with E-state index in [0.29, 0.717) is 17.9 Å². The minimum Gasteiger partial charge on any atom is -0.493 e. The maximum Gasteiger partial charge on any atom is 0.241 e. The minimum absolute atomic E-state index is 0.0210. The van der Waals surface area contributed by atoms with Crippen LogP contribution in [0.3, 0.4) is 0 Å². The van der Waals surface area contributed by atoms with Gasteiger partial charge in [0.1, 0.15) is 6.04 Å². The Morgan fingerprint density at radius 1 is 1.25 bits per heavy atom. The second-order valence-corrected chi connectivity index (χ2v) is 6.26. The number of para-hydroxylation sites is 1. The Morgan fingerprint density at radius 3 is 2.71 bits per heavy atom. The van der Waals surface area contributed by atoms with Gasteiger partial charge in [0.25, 0.3) is 0 Å². The number of methoxy groups -OCH3 is 2. The first-order valence-corrected chi connectivity index (χ1v) is 8.62. The van der Waals surface area contributed by atoms with Crippen molar-refractivity contribution in [3.63, 3.8) is 0 Å². The van der Waals surface area contributed by atoms with Crippen molar-refractivity contribution in [3.8, 4) is 11.5 Å². The van der Waals surface area contributed by atoms with Crippen LogP contribution < -0.4 is 14.9 Å². The van der Waals surface area contributed by atoms with Gasteiger partial charge in [-0.2, -0.15) is 0 Å². The van der Waals surface area contributed by atoms with Crippen LogP contribution >= 0.6 is 11.3 Å². The summed E-state index contributed by atoms with van der Waals surface area (Å²) in [6, 6.07) is 9.48. The Morgan fingerprint density at radius 2 is 2.08 bits per heavy atom. The number of carbonyl (C=O) groups is 1. The minimum atomic E-state index is -0.250. The number of rotatable bonds is 5. The first-order chi connectivity index (χ1) is 11.7. The van der Waals surface area contributed by atoms with E-state index in [0.717, 1.165) is 16.1 Å². The number of nitrogens with zero attached hydrogens (tertiary/aromatic N) is 1. The normalized spacial score (nSPS) is 16.5. The third-order valence-corrected chi connectivity index (χ3v) is 4.86. The van der Waals surface area contributed by atoms with Gasteiger partial charge in [0.15, 0.2) is 11.5 Å². The van der Waals surface area contributed by atoms with E-state index in [2.05, 4.69) is 11.5 Å². The van der Waals surface area contributed by atoms with Crippen molar-refractivity contribution >= 4 is 22.9 Å². The highest BCUT2D eigenvalue weighted by Crippen LogP contribution is 2.41. The highest BCUT2D eigenvalue weighted by Gasteiger charge is 2.32. The summed E-state index contributed by atoms with van der Waals surface area (Å²) in [5.41, 5.74) is 5.06. The second-order valence-electron chi connectivity index (χ2n) is 5.31. The molecule has 0 radical (unpaired) electrons. The van der Waals surface area contributed by atoms with Crippen molar-refractivity contribution in [2.75, 3.05) is 14.2 Å². The molecule has 0 saturated heterocycles. The van der Waals surface area contributed by atoms with Gasteiger partial charge in [-0.05, 0) is 23.6 Å². The van der Waals surface area contributed by atoms with Gasteiger partial charge in [0.2, 0.25) is 5.91 Å². The van der Waals surface area contributed by atoms with Gasteiger partial charge in [0.05, 0.1) is 24.8 Å². The molecule has 6 heteroatoms. The Kier molecular flexibility index (Phi) is 4.76. The lowest BCUT2D eigenvalue weighted by Gasteiger charge is -2.26. The first kappa shape index (κ1) is 16.4. The fourth-order valence-corrected chi connectivity index (χ4v) is 3.50. The summed E-state index contributed by atoms with van der Waals surface area (Å²) in [6.07, 6.45) is 2.47. The molecule has 1 N–H and O–H groups in total. The highest BCUT2D eigenvalue weighted by atomic mass is 32.1. The molecule has 1 aromatic heterocycles. The number of hydrogen-bond acceptors (Lipinski definition) is 5. The van der Waals surface area contributed by atoms with Gasteiger partial charge in [-0.1, -0.05) is 25.1 Å². The molecule has 24 heavy (non-hydrogen) atoms. The van der Waals surface area contributed by atoms with E-state index in [4.69, 9.17) is 9.47 Å². The van der Waals surface area contributed by atoms with Crippen LogP contribution in [0, 0.1) is 0 Å². The highest BCUT2D eigenvalue weighted by molar-refractivity contribution is 7.11. The van der Waals surface area contributed by atoms with E-state index in [1.165, 1.54) is 0 Å². The summed E-state index contributed by atoms with van der Waals surface area (Å²) in [6.45, 7) is 1.85. The molecule has 2 aromatic rings. The summed E-state index contributed by atoms with van der Waals surface area (Å²) in [5.74, 6) is 1.31. The number of carbonyl (C=O) groups excluding carboxylic acids is 1. The number of thiophene rings is 1. The van der Waals surface area contributed by atoms with Crippen molar-refractivity contribution in [2.24, 2.45) is 0 Å². The largest absolute Gasteiger partial charge is 0.493 e. The van der Waals surface area contributed by atoms with Crippen molar-refractivity contribution in [2.45, 2.75) is 19.4 Å². The van der Waals surface area contributed by atoms with Crippen LogP contribution in [0.1, 0.15) is 29.8 Å². The van der Waals surface area contributed by atoms with Crippen LogP contribution in [0.4, 0.5) is 0 Å². The molecule has 1 aliphatic heterocycles. The van der Waals surface area contributed by atoms with Gasteiger partial charge in [0, 0.05) is 12.0 Å². The summed E-state index contributed by atoms with van der Waals surface area (Å²) < 4.78 is 10.9. The summed E-state index contributed by atoms with van der Waals surface area (Å²) >= 11 is 1.63. The van der Waals surface area contributed by atoms with E-state index in [9.17, 15) is 4.79 Å². The van der Waals surface area contributed by atoms with E-state index < -0.39 is 0 Å². The van der Waals surface area contributed by atoms with E-state index >= 15 is 0 Å². The zero-order valence-electron chi connectivity index (χ0n) is 13.9. The number of amides is 1. The molecule has 0 aliphatic carbocycles. The van der Waals surface area contributed by atoms with Gasteiger partial charge in [-0.25, -0.2) is 5.01 Å². The van der Waals surface area contributed by atoms with E-state index in [1.54, 1.807) is 30.6 Å². The fraction of sp³-hybridized carbons (Fsp3) is 0.278. The van der Waals surface area contributed by atoms with Gasteiger partial charge >= 0.3 is 0 Å². The monoisotopic (exact) mass is 344 g/mol. The van der Waals surface area contributed by atoms with Crippen molar-refractivity contribution in [1.82, 2.24) is 10.4 Å². The number of nitrogens with one attached hydrogen (secondary N) is 1. The number of benzene rings is 1. The van der Waals surface area contributed by atoms with Crippen molar-refractivity contribution in [1.29, 1.82) is 0 Å². The zero-order valence-corrected chi connectivity index (χ0v) is 14.7. The lowest BCUT2D eigenvalue weighted by atomic mass is 10.0. The molecular weight excluding hydrogens is 324 g/mol. The van der Waals surface area contributed by atoms with Crippen LogP contribution in [0.5, 0.6) is 11.5 Å². The van der Waals surface area contributed by atoms with Gasteiger partial charge < -0.3 is 9.47 Å². The molecule has 2 heterocycles. The third kappa shape index (κ3) is 2.85. The zero-order chi connectivity index (χ0) is 17.1. The maximum absolute atomic E-state index is 12.4. The number of hydrogen-bond donors (Lipinski definition) is 1. The molecule has 0 unspecified atom stereocenters. The molecule has 3 rings (SSSR count). The standard InChI is InChI=1S/C18H20N2O3S/c1-4-17(21)20-14(11-13(19-20)16-9-6-10-24-16)12-7-5-8-15(22-2)18(12)23-3/h5-11,14,19H,4H2,1-3H3/t14-/m1/s1. The molecular formula is C18H20N2O3S. The van der Waals surface area contributed by atoms with E-state index in [-0.39, 0.29) is 11.9 Å². The predicted molar refractivity (Wildman–Crippen MR) is 94.9 cm³/mol. The first-order valence-electron chi connectivity index (χ1n) is 7.74. The topological polar surface area (TPSA) is 50.8 Å². The quantitative estimate of drug-likeness (QED) is 0.900. The smallest absolute Gasteiger partial charge is 0.241 e. The lowest BCUT2D eigenvalue weighted by molar-refractivity contribution is -0.134. The summed E-state index contributed by atoms with van der Waals surface area (Å²) in [7, 11) is 3.22. The molecule has 126 valence electrons. The Labute approximate surface area is 145 Å². The molecule has 0 bridgehead atoms. The third-order valence-electron chi connectivity index (χ3n) is 3.95. The van der Waals surface area contributed by atoms with Crippen molar-refractivity contribution in [3.05, 3.63) is 52.2 Å². The summed E-state index contributed by atoms with van der Waals surface area (Å²) in [5, 5.41) is 3.68. The fourth-order valence-electron chi connectivity index (χ4n) is 2.80. The Balaban J connectivity index is 2.07. The number of hydrazine groups is 1. The number of ether oxygens (including phenoxy) is 2.